The molecule has 4 aromatic carbocycles. The first-order valence-electron chi connectivity index (χ1n) is 10.6. The number of amides is 1. The third-order valence-electron chi connectivity index (χ3n) is 5.64. The van der Waals surface area contributed by atoms with Crippen LogP contribution in [0.15, 0.2) is 108 Å². The van der Waals surface area contributed by atoms with E-state index >= 15 is 0 Å². The van der Waals surface area contributed by atoms with Gasteiger partial charge in [0.15, 0.2) is 5.58 Å². The van der Waals surface area contributed by atoms with Crippen LogP contribution in [0.3, 0.4) is 0 Å². The number of nitrogens with zero attached hydrogens (tertiary/aromatic N) is 1. The quantitative estimate of drug-likeness (QED) is 0.351. The van der Waals surface area contributed by atoms with Crippen molar-refractivity contribution < 1.29 is 9.21 Å². The molecule has 1 aromatic heterocycles. The highest BCUT2D eigenvalue weighted by Gasteiger charge is 2.23. The summed E-state index contributed by atoms with van der Waals surface area (Å²) in [6.45, 7) is 1.97. The van der Waals surface area contributed by atoms with Gasteiger partial charge in [0, 0.05) is 11.3 Å². The van der Waals surface area contributed by atoms with Crippen LogP contribution in [0.5, 0.6) is 0 Å². The van der Waals surface area contributed by atoms with E-state index in [1.807, 2.05) is 110 Å². The largest absolute Gasteiger partial charge is 0.436 e. The van der Waals surface area contributed by atoms with E-state index in [0.29, 0.717) is 5.89 Å². The number of fused-ring (bicyclic) bond motifs is 1. The SMILES string of the molecule is Cc1c(NC(=O)C(c2ccccc2)c2ccccc2)cccc1-c1nc2ccccc2o1. The highest BCUT2D eigenvalue weighted by atomic mass is 16.3. The van der Waals surface area contributed by atoms with Crippen LogP contribution in [0.4, 0.5) is 5.69 Å². The predicted octanol–water partition coefficient (Wildman–Crippen LogP) is 6.57. The van der Waals surface area contributed by atoms with Gasteiger partial charge < -0.3 is 9.73 Å². The molecule has 0 fully saturated rings. The number of hydrogen-bond acceptors (Lipinski definition) is 3. The van der Waals surface area contributed by atoms with Crippen molar-refractivity contribution in [2.45, 2.75) is 12.8 Å². The van der Waals surface area contributed by atoms with Gasteiger partial charge in [0.25, 0.3) is 0 Å². The Balaban J connectivity index is 1.50. The number of nitrogens with one attached hydrogen (secondary N) is 1. The maximum atomic E-state index is 13.5. The van der Waals surface area contributed by atoms with Crippen molar-refractivity contribution in [3.8, 4) is 11.5 Å². The average molecular weight is 418 g/mol. The van der Waals surface area contributed by atoms with E-state index in [-0.39, 0.29) is 5.91 Å². The van der Waals surface area contributed by atoms with Gasteiger partial charge in [0.2, 0.25) is 11.8 Å². The van der Waals surface area contributed by atoms with Crippen molar-refractivity contribution in [3.05, 3.63) is 120 Å². The van der Waals surface area contributed by atoms with E-state index in [4.69, 9.17) is 4.42 Å². The zero-order chi connectivity index (χ0) is 21.9. The Kier molecular flexibility index (Phi) is 5.26. The number of rotatable bonds is 5. The van der Waals surface area contributed by atoms with Crippen LogP contribution < -0.4 is 5.32 Å². The molecular weight excluding hydrogens is 396 g/mol. The fourth-order valence-electron chi connectivity index (χ4n) is 3.98. The topological polar surface area (TPSA) is 55.1 Å². The van der Waals surface area contributed by atoms with Crippen LogP contribution in [0.25, 0.3) is 22.6 Å². The Hall–Kier alpha value is -4.18. The first kappa shape index (κ1) is 19.8. The van der Waals surface area contributed by atoms with Gasteiger partial charge in [-0.15, -0.1) is 0 Å². The molecule has 0 radical (unpaired) electrons. The molecule has 1 amide bonds. The molecule has 4 nitrogen and oxygen atoms in total. The van der Waals surface area contributed by atoms with Crippen molar-refractivity contribution >= 4 is 22.7 Å². The Morgan fingerprint density at radius 1 is 0.781 bits per heavy atom. The third-order valence-corrected chi connectivity index (χ3v) is 5.64. The summed E-state index contributed by atoms with van der Waals surface area (Å²) in [5, 5.41) is 3.14. The van der Waals surface area contributed by atoms with Crippen molar-refractivity contribution in [2.24, 2.45) is 0 Å². The van der Waals surface area contributed by atoms with Crippen molar-refractivity contribution in [2.75, 3.05) is 5.32 Å². The number of aromatic nitrogens is 1. The Morgan fingerprint density at radius 2 is 1.41 bits per heavy atom. The van der Waals surface area contributed by atoms with Crippen molar-refractivity contribution in [1.29, 1.82) is 0 Å². The lowest BCUT2D eigenvalue weighted by Gasteiger charge is -2.19. The number of para-hydroxylation sites is 2. The van der Waals surface area contributed by atoms with E-state index in [2.05, 4.69) is 10.3 Å². The minimum atomic E-state index is -0.412. The van der Waals surface area contributed by atoms with Gasteiger partial charge >= 0.3 is 0 Å². The molecule has 0 spiro atoms. The van der Waals surface area contributed by atoms with Gasteiger partial charge in [-0.2, -0.15) is 0 Å². The first-order valence-corrected chi connectivity index (χ1v) is 10.6. The maximum Gasteiger partial charge on any atom is 0.236 e. The fourth-order valence-corrected chi connectivity index (χ4v) is 3.98. The predicted molar refractivity (Wildman–Crippen MR) is 128 cm³/mol. The van der Waals surface area contributed by atoms with E-state index < -0.39 is 5.92 Å². The lowest BCUT2D eigenvalue weighted by Crippen LogP contribution is -2.22. The fraction of sp³-hybridized carbons (Fsp3) is 0.0714. The molecule has 32 heavy (non-hydrogen) atoms. The maximum absolute atomic E-state index is 13.5. The third kappa shape index (κ3) is 3.79. The standard InChI is InChI=1S/C28H22N2O2/c1-19-22(28-30-24-16-8-9-18-25(24)32-28)15-10-17-23(19)29-27(31)26(20-11-4-2-5-12-20)21-13-6-3-7-14-21/h2-18,26H,1H3,(H,29,31). The summed E-state index contributed by atoms with van der Waals surface area (Å²) < 4.78 is 5.96. The first-order chi connectivity index (χ1) is 15.7. The normalized spacial score (nSPS) is 11.1. The van der Waals surface area contributed by atoms with Gasteiger partial charge in [-0.1, -0.05) is 78.9 Å². The summed E-state index contributed by atoms with van der Waals surface area (Å²) in [5.74, 6) is 0.0486. The van der Waals surface area contributed by atoms with E-state index in [9.17, 15) is 4.79 Å². The molecule has 0 bridgehead atoms. The average Bonchev–Trinajstić information content (AvgIpc) is 3.26. The van der Waals surface area contributed by atoms with Crippen LogP contribution in [-0.4, -0.2) is 10.9 Å². The summed E-state index contributed by atoms with van der Waals surface area (Å²) in [5.41, 5.74) is 5.95. The van der Waals surface area contributed by atoms with E-state index in [1.165, 1.54) is 0 Å². The zero-order valence-corrected chi connectivity index (χ0v) is 17.7. The molecule has 0 atom stereocenters. The summed E-state index contributed by atoms with van der Waals surface area (Å²) in [6, 6.07) is 33.1. The molecule has 156 valence electrons. The summed E-state index contributed by atoms with van der Waals surface area (Å²) >= 11 is 0. The van der Waals surface area contributed by atoms with Crippen LogP contribution in [0.1, 0.15) is 22.6 Å². The Morgan fingerprint density at radius 3 is 2.06 bits per heavy atom. The number of carbonyl (C=O) groups is 1. The molecule has 0 saturated carbocycles. The van der Waals surface area contributed by atoms with Crippen molar-refractivity contribution in [3.63, 3.8) is 0 Å². The summed E-state index contributed by atoms with van der Waals surface area (Å²) in [6.07, 6.45) is 0. The number of oxazole rings is 1. The number of benzene rings is 4. The number of hydrogen-bond donors (Lipinski definition) is 1. The molecule has 0 aliphatic rings. The number of anilines is 1. The lowest BCUT2D eigenvalue weighted by molar-refractivity contribution is -0.116. The second-order valence-corrected chi connectivity index (χ2v) is 7.71. The molecule has 4 heteroatoms. The molecule has 0 aliphatic carbocycles. The lowest BCUT2D eigenvalue weighted by atomic mass is 9.90. The van der Waals surface area contributed by atoms with Gasteiger partial charge in [0.1, 0.15) is 5.52 Å². The van der Waals surface area contributed by atoms with Gasteiger partial charge in [-0.3, -0.25) is 4.79 Å². The van der Waals surface area contributed by atoms with Gasteiger partial charge in [0.05, 0.1) is 5.92 Å². The summed E-state index contributed by atoms with van der Waals surface area (Å²) in [4.78, 5) is 18.1. The highest BCUT2D eigenvalue weighted by Crippen LogP contribution is 2.32. The van der Waals surface area contributed by atoms with E-state index in [0.717, 1.165) is 39.0 Å². The Bertz CT molecular complexity index is 1300. The van der Waals surface area contributed by atoms with Crippen LogP contribution in [0, 0.1) is 6.92 Å². The molecule has 5 rings (SSSR count). The highest BCUT2D eigenvalue weighted by molar-refractivity contribution is 5.99. The van der Waals surface area contributed by atoms with Crippen LogP contribution >= 0.6 is 0 Å². The Labute approximate surface area is 186 Å². The minimum absolute atomic E-state index is 0.0831. The van der Waals surface area contributed by atoms with Gasteiger partial charge in [-0.05, 0) is 47.9 Å². The molecule has 0 aliphatic heterocycles. The molecule has 0 unspecified atom stereocenters. The number of carbonyl (C=O) groups excluding carboxylic acids is 1. The molecule has 0 saturated heterocycles. The second kappa shape index (κ2) is 8.52. The molecule has 1 heterocycles. The summed E-state index contributed by atoms with van der Waals surface area (Å²) in [7, 11) is 0. The molecule has 1 N–H and O–H groups in total. The molecule has 5 aromatic rings. The van der Waals surface area contributed by atoms with Crippen LogP contribution in [0.2, 0.25) is 0 Å². The monoisotopic (exact) mass is 418 g/mol. The minimum Gasteiger partial charge on any atom is -0.436 e. The second-order valence-electron chi connectivity index (χ2n) is 7.71. The zero-order valence-electron chi connectivity index (χ0n) is 17.7. The van der Waals surface area contributed by atoms with Gasteiger partial charge in [-0.25, -0.2) is 4.98 Å². The van der Waals surface area contributed by atoms with Crippen molar-refractivity contribution in [1.82, 2.24) is 4.98 Å². The van der Waals surface area contributed by atoms with Crippen LogP contribution in [-0.2, 0) is 4.79 Å². The molecular formula is C28H22N2O2. The van der Waals surface area contributed by atoms with E-state index in [1.54, 1.807) is 0 Å². The smallest absolute Gasteiger partial charge is 0.236 e.